The third kappa shape index (κ3) is 4.62. The lowest BCUT2D eigenvalue weighted by molar-refractivity contribution is -0.153. The Bertz CT molecular complexity index is 1090. The van der Waals surface area contributed by atoms with E-state index in [9.17, 15) is 14.4 Å². The van der Waals surface area contributed by atoms with Gasteiger partial charge in [-0.3, -0.25) is 14.4 Å². The van der Waals surface area contributed by atoms with E-state index in [2.05, 4.69) is 66.7 Å². The number of ketones is 1. The van der Waals surface area contributed by atoms with E-state index in [4.69, 9.17) is 9.84 Å². The second-order valence-electron chi connectivity index (χ2n) is 14.1. The molecule has 0 bridgehead atoms. The smallest absolute Gasteiger partial charge is 0.317 e. The highest BCUT2D eigenvalue weighted by molar-refractivity contribution is 5.90. The molecular weight excluding hydrogens is 476 g/mol. The van der Waals surface area contributed by atoms with E-state index in [1.165, 1.54) is 16.7 Å². The highest BCUT2D eigenvalue weighted by atomic mass is 16.5. The summed E-state index contributed by atoms with van der Waals surface area (Å²) >= 11 is 0. The molecule has 2 saturated carbocycles. The van der Waals surface area contributed by atoms with Gasteiger partial charge in [0, 0.05) is 11.8 Å². The summed E-state index contributed by atoms with van der Waals surface area (Å²) in [6, 6.07) is 0. The number of rotatable bonds is 8. The quantitative estimate of drug-likeness (QED) is 0.202. The molecule has 0 aromatic carbocycles. The van der Waals surface area contributed by atoms with Gasteiger partial charge in [0.15, 0.2) is 0 Å². The highest BCUT2D eigenvalue weighted by Gasteiger charge is 2.63. The number of allylic oxidation sites excluding steroid dienone is 6. The molecule has 38 heavy (non-hydrogen) atoms. The summed E-state index contributed by atoms with van der Waals surface area (Å²) in [6.07, 6.45) is 14.2. The molecule has 1 N–H and O–H groups in total. The van der Waals surface area contributed by atoms with Crippen LogP contribution in [0.2, 0.25) is 0 Å². The summed E-state index contributed by atoms with van der Waals surface area (Å²) < 4.78 is 5.57. The van der Waals surface area contributed by atoms with E-state index in [0.29, 0.717) is 24.0 Å². The molecule has 4 rings (SSSR count). The Labute approximate surface area is 229 Å². The van der Waals surface area contributed by atoms with Crippen molar-refractivity contribution in [3.63, 3.8) is 0 Å². The first kappa shape index (κ1) is 28.8. The zero-order valence-electron chi connectivity index (χ0n) is 24.6. The van der Waals surface area contributed by atoms with E-state index in [1.807, 2.05) is 0 Å². The van der Waals surface area contributed by atoms with Gasteiger partial charge < -0.3 is 9.84 Å². The van der Waals surface area contributed by atoms with Crippen LogP contribution >= 0.6 is 0 Å². The number of ether oxygens (including phenoxy) is 1. The van der Waals surface area contributed by atoms with E-state index in [1.54, 1.807) is 0 Å². The molecule has 6 atom stereocenters. The van der Waals surface area contributed by atoms with E-state index in [0.717, 1.165) is 44.9 Å². The number of hydrogen-bond acceptors (Lipinski definition) is 4. The highest BCUT2D eigenvalue weighted by Crippen LogP contribution is 2.71. The van der Waals surface area contributed by atoms with Crippen LogP contribution in [0.1, 0.15) is 106 Å². The summed E-state index contributed by atoms with van der Waals surface area (Å²) in [4.78, 5) is 36.0. The van der Waals surface area contributed by atoms with Crippen molar-refractivity contribution in [1.29, 1.82) is 0 Å². The molecule has 5 nitrogen and oxygen atoms in total. The number of carboxylic acid groups (broad SMARTS) is 1. The molecule has 0 spiro atoms. The van der Waals surface area contributed by atoms with Crippen LogP contribution in [0, 0.1) is 39.4 Å². The number of hydrogen-bond donors (Lipinski definition) is 1. The van der Waals surface area contributed by atoms with Crippen LogP contribution in [0.4, 0.5) is 0 Å². The molecular formula is C33H48O5. The zero-order chi connectivity index (χ0) is 28.1. The minimum Gasteiger partial charge on any atom is -0.481 e. The molecule has 0 radical (unpaired) electrons. The van der Waals surface area contributed by atoms with Crippen molar-refractivity contribution >= 4 is 17.7 Å². The summed E-state index contributed by atoms with van der Waals surface area (Å²) in [7, 11) is 0. The third-order valence-corrected chi connectivity index (χ3v) is 11.5. The number of Topliss-reactive ketones (excluding diaryl/α,β-unsaturated/α-hetero) is 1. The van der Waals surface area contributed by atoms with Crippen LogP contribution in [-0.4, -0.2) is 29.4 Å². The molecule has 0 saturated heterocycles. The van der Waals surface area contributed by atoms with Gasteiger partial charge in [0.1, 0.15) is 12.2 Å². The second kappa shape index (κ2) is 10.1. The van der Waals surface area contributed by atoms with Crippen molar-refractivity contribution in [3.05, 3.63) is 34.9 Å². The Balaban J connectivity index is 1.64. The van der Waals surface area contributed by atoms with Gasteiger partial charge in [0.05, 0.1) is 6.61 Å². The number of carbonyl (C=O) groups excluding carboxylic acids is 2. The van der Waals surface area contributed by atoms with Gasteiger partial charge in [-0.05, 0) is 104 Å². The SMILES string of the molecule is CC(C)=CCCC(COC(=O)CC(=O)O)C1CCC2(C)C3=CCC4C(C)(C)C(=O)CCC4(C)C3=CCC12C. The van der Waals surface area contributed by atoms with Crippen molar-refractivity contribution < 1.29 is 24.2 Å². The first-order chi connectivity index (χ1) is 17.7. The van der Waals surface area contributed by atoms with Crippen molar-refractivity contribution in [2.75, 3.05) is 6.61 Å². The van der Waals surface area contributed by atoms with E-state index in [-0.39, 0.29) is 34.2 Å². The summed E-state index contributed by atoms with van der Waals surface area (Å²) in [6.45, 7) is 16.1. The third-order valence-electron chi connectivity index (χ3n) is 11.5. The normalized spacial score (nSPS) is 36.1. The van der Waals surface area contributed by atoms with Gasteiger partial charge in [0.2, 0.25) is 0 Å². The summed E-state index contributed by atoms with van der Waals surface area (Å²) in [5.74, 6) is -0.494. The maximum absolute atomic E-state index is 12.9. The number of aliphatic carboxylic acids is 1. The topological polar surface area (TPSA) is 80.7 Å². The van der Waals surface area contributed by atoms with E-state index < -0.39 is 18.4 Å². The fourth-order valence-corrected chi connectivity index (χ4v) is 8.96. The monoisotopic (exact) mass is 524 g/mol. The predicted molar refractivity (Wildman–Crippen MR) is 149 cm³/mol. The van der Waals surface area contributed by atoms with Gasteiger partial charge in [-0.15, -0.1) is 0 Å². The molecule has 0 aromatic rings. The molecule has 0 aromatic heterocycles. The Morgan fingerprint density at radius 1 is 1.11 bits per heavy atom. The van der Waals surface area contributed by atoms with Crippen LogP contribution < -0.4 is 0 Å². The maximum Gasteiger partial charge on any atom is 0.317 e. The molecule has 0 amide bonds. The molecule has 2 fully saturated rings. The largest absolute Gasteiger partial charge is 0.481 e. The minimum absolute atomic E-state index is 0.0269. The lowest BCUT2D eigenvalue weighted by Crippen LogP contribution is -2.53. The Morgan fingerprint density at radius 3 is 2.47 bits per heavy atom. The number of carboxylic acids is 1. The van der Waals surface area contributed by atoms with Gasteiger partial charge in [-0.2, -0.15) is 0 Å². The standard InChI is InChI=1S/C33H48O5/c1-21(2)9-8-10-22(20-38-29(37)19-28(35)36)23-13-17-33(7)25-11-12-26-30(3,4)27(34)15-16-31(26,5)24(25)14-18-32(23,33)6/h9,11,14,22-23,26H,8,10,12-13,15-20H2,1-7H3,(H,35,36). The Hall–Kier alpha value is -2.17. The Kier molecular flexibility index (Phi) is 7.66. The number of fused-ring (bicyclic) bond motifs is 5. The Morgan fingerprint density at radius 2 is 1.82 bits per heavy atom. The lowest BCUT2D eigenvalue weighted by Gasteiger charge is -2.59. The summed E-state index contributed by atoms with van der Waals surface area (Å²) in [5, 5.41) is 9.01. The van der Waals surface area contributed by atoms with Gasteiger partial charge in [-0.25, -0.2) is 0 Å². The van der Waals surface area contributed by atoms with Crippen LogP contribution in [0.5, 0.6) is 0 Å². The molecule has 4 aliphatic rings. The average molecular weight is 525 g/mol. The minimum atomic E-state index is -1.15. The predicted octanol–water partition coefficient (Wildman–Crippen LogP) is 7.46. The second-order valence-corrected chi connectivity index (χ2v) is 14.1. The fraction of sp³-hybridized carbons (Fsp3) is 0.727. The maximum atomic E-state index is 12.9. The molecule has 6 unspecified atom stereocenters. The van der Waals surface area contributed by atoms with Crippen LogP contribution in [0.15, 0.2) is 34.9 Å². The average Bonchev–Trinajstić information content (AvgIpc) is 3.09. The van der Waals surface area contributed by atoms with Crippen molar-refractivity contribution in [1.82, 2.24) is 0 Å². The molecule has 0 heterocycles. The molecule has 5 heteroatoms. The van der Waals surface area contributed by atoms with Crippen molar-refractivity contribution in [2.24, 2.45) is 39.4 Å². The first-order valence-electron chi connectivity index (χ1n) is 14.6. The lowest BCUT2D eigenvalue weighted by atomic mass is 9.44. The van der Waals surface area contributed by atoms with Crippen molar-refractivity contribution in [2.45, 2.75) is 106 Å². The zero-order valence-corrected chi connectivity index (χ0v) is 24.6. The number of carbonyl (C=O) groups is 3. The molecule has 4 aliphatic carbocycles. The van der Waals surface area contributed by atoms with Crippen LogP contribution in [-0.2, 0) is 19.1 Å². The van der Waals surface area contributed by atoms with Crippen molar-refractivity contribution in [3.8, 4) is 0 Å². The van der Waals surface area contributed by atoms with Gasteiger partial charge in [0.25, 0.3) is 0 Å². The van der Waals surface area contributed by atoms with E-state index >= 15 is 0 Å². The molecule has 210 valence electrons. The first-order valence-corrected chi connectivity index (χ1v) is 14.6. The van der Waals surface area contributed by atoms with Crippen LogP contribution in [0.3, 0.4) is 0 Å². The number of esters is 1. The summed E-state index contributed by atoms with van der Waals surface area (Å²) in [5.41, 5.74) is 4.06. The van der Waals surface area contributed by atoms with Gasteiger partial charge in [-0.1, -0.05) is 58.4 Å². The fourth-order valence-electron chi connectivity index (χ4n) is 8.96. The van der Waals surface area contributed by atoms with Gasteiger partial charge >= 0.3 is 11.9 Å². The van der Waals surface area contributed by atoms with Crippen LogP contribution in [0.25, 0.3) is 0 Å². The molecule has 0 aliphatic heterocycles.